The zero-order valence-corrected chi connectivity index (χ0v) is 18.0. The largest absolute Gasteiger partial charge is 0.324 e. The highest BCUT2D eigenvalue weighted by Crippen LogP contribution is 2.41. The van der Waals surface area contributed by atoms with Crippen LogP contribution in [0, 0.1) is 0 Å². The minimum absolute atomic E-state index is 0.189. The number of aromatic nitrogens is 1. The minimum Gasteiger partial charge on any atom is -0.324 e. The lowest BCUT2D eigenvalue weighted by atomic mass is 10.1. The van der Waals surface area contributed by atoms with E-state index in [0.29, 0.717) is 21.3 Å². The molecule has 8 heteroatoms. The topological polar surface area (TPSA) is 42.0 Å². The Morgan fingerprint density at radius 2 is 1.76 bits per heavy atom. The number of hydrogen-bond acceptors (Lipinski definition) is 3. The highest BCUT2D eigenvalue weighted by molar-refractivity contribution is 9.25. The van der Waals surface area contributed by atoms with Crippen molar-refractivity contribution in [3.8, 4) is 21.0 Å². The summed E-state index contributed by atoms with van der Waals surface area (Å²) in [5.41, 5.74) is 2.30. The first-order valence-corrected chi connectivity index (χ1v) is 10.5. The number of para-hydroxylation sites is 1. The van der Waals surface area contributed by atoms with Gasteiger partial charge in [-0.05, 0) is 18.2 Å². The van der Waals surface area contributed by atoms with E-state index in [1.807, 2.05) is 24.3 Å². The van der Waals surface area contributed by atoms with Gasteiger partial charge >= 0.3 is 0 Å². The average molecular weight is 521 g/mol. The minimum atomic E-state index is -0.466. The number of carbonyl (C=O) groups is 1. The highest BCUT2D eigenvalue weighted by Gasteiger charge is 2.17. The SMILES string of the molecule is O=C(Nc1ccccc1-c1cnc(-c2c(Cl)cccc2Cl)s1)C(Br)Br. The fraction of sp³-hybridized carbons (Fsp3) is 0.0588. The molecule has 0 bridgehead atoms. The molecule has 0 saturated carbocycles. The number of nitrogens with one attached hydrogen (secondary N) is 1. The fourth-order valence-corrected chi connectivity index (χ4v) is 4.16. The molecule has 1 N–H and O–H groups in total. The maximum atomic E-state index is 12.0. The first-order valence-electron chi connectivity index (χ1n) is 7.06. The van der Waals surface area contributed by atoms with Gasteiger partial charge in [0.1, 0.15) is 8.74 Å². The lowest BCUT2D eigenvalue weighted by molar-refractivity contribution is -0.114. The van der Waals surface area contributed by atoms with Gasteiger partial charge in [0.2, 0.25) is 5.91 Å². The summed E-state index contributed by atoms with van der Waals surface area (Å²) in [6.07, 6.45) is 1.75. The first kappa shape index (κ1) is 18.9. The van der Waals surface area contributed by atoms with E-state index in [-0.39, 0.29) is 5.91 Å². The maximum absolute atomic E-state index is 12.0. The van der Waals surface area contributed by atoms with Gasteiger partial charge in [-0.25, -0.2) is 4.98 Å². The number of anilines is 1. The summed E-state index contributed by atoms with van der Waals surface area (Å²) in [4.78, 5) is 17.3. The third kappa shape index (κ3) is 4.26. The smallest absolute Gasteiger partial charge is 0.248 e. The van der Waals surface area contributed by atoms with E-state index < -0.39 is 3.74 Å². The number of hydrogen-bond donors (Lipinski definition) is 1. The molecule has 0 aliphatic rings. The Hall–Kier alpha value is -0.920. The molecule has 0 saturated heterocycles. The maximum Gasteiger partial charge on any atom is 0.248 e. The predicted octanol–water partition coefficient (Wildman–Crippen LogP) is 6.84. The predicted molar refractivity (Wildman–Crippen MR) is 113 cm³/mol. The molecule has 128 valence electrons. The molecule has 0 aliphatic carbocycles. The number of rotatable bonds is 4. The van der Waals surface area contributed by atoms with Crippen LogP contribution >= 0.6 is 66.4 Å². The Labute approximate surface area is 175 Å². The Kier molecular flexibility index (Phi) is 6.17. The number of thiazole rings is 1. The molecular weight excluding hydrogens is 511 g/mol. The van der Waals surface area contributed by atoms with E-state index in [1.54, 1.807) is 24.4 Å². The van der Waals surface area contributed by atoms with Gasteiger partial charge in [-0.2, -0.15) is 0 Å². The molecule has 1 heterocycles. The molecule has 0 aliphatic heterocycles. The van der Waals surface area contributed by atoms with E-state index in [4.69, 9.17) is 23.2 Å². The van der Waals surface area contributed by atoms with Crippen molar-refractivity contribution in [3.63, 3.8) is 0 Å². The Bertz CT molecular complexity index is 910. The quantitative estimate of drug-likeness (QED) is 0.383. The van der Waals surface area contributed by atoms with Crippen LogP contribution in [0.4, 0.5) is 5.69 Å². The van der Waals surface area contributed by atoms with Gasteiger partial charge in [-0.15, -0.1) is 11.3 Å². The van der Waals surface area contributed by atoms with Crippen LogP contribution in [-0.2, 0) is 4.79 Å². The van der Waals surface area contributed by atoms with Crippen molar-refractivity contribution in [1.29, 1.82) is 0 Å². The van der Waals surface area contributed by atoms with Crippen LogP contribution in [0.3, 0.4) is 0 Å². The number of nitrogens with zero attached hydrogens (tertiary/aromatic N) is 1. The van der Waals surface area contributed by atoms with Crippen molar-refractivity contribution in [2.24, 2.45) is 0 Å². The highest BCUT2D eigenvalue weighted by atomic mass is 79.9. The summed E-state index contributed by atoms with van der Waals surface area (Å²) in [5.74, 6) is -0.189. The van der Waals surface area contributed by atoms with Crippen LogP contribution in [-0.4, -0.2) is 14.6 Å². The van der Waals surface area contributed by atoms with Gasteiger partial charge in [0.25, 0.3) is 0 Å². The molecule has 1 amide bonds. The summed E-state index contributed by atoms with van der Waals surface area (Å²) in [6.45, 7) is 0. The second-order valence-electron chi connectivity index (χ2n) is 4.96. The fourth-order valence-electron chi connectivity index (χ4n) is 2.21. The van der Waals surface area contributed by atoms with Gasteiger partial charge in [-0.1, -0.05) is 79.3 Å². The average Bonchev–Trinajstić information content (AvgIpc) is 3.04. The molecular formula is C17H10Br2Cl2N2OS. The molecule has 0 radical (unpaired) electrons. The number of benzene rings is 2. The van der Waals surface area contributed by atoms with Gasteiger partial charge in [0.05, 0.1) is 14.9 Å². The van der Waals surface area contributed by atoms with Crippen LogP contribution in [0.15, 0.2) is 48.7 Å². The van der Waals surface area contributed by atoms with Crippen molar-refractivity contribution in [2.45, 2.75) is 3.74 Å². The Morgan fingerprint density at radius 3 is 2.44 bits per heavy atom. The second kappa shape index (κ2) is 8.18. The van der Waals surface area contributed by atoms with Crippen molar-refractivity contribution in [2.75, 3.05) is 5.32 Å². The molecule has 25 heavy (non-hydrogen) atoms. The third-order valence-electron chi connectivity index (χ3n) is 3.33. The molecule has 0 unspecified atom stereocenters. The number of carbonyl (C=O) groups excluding carboxylic acids is 1. The van der Waals surface area contributed by atoms with Crippen LogP contribution in [0.2, 0.25) is 10.0 Å². The molecule has 2 aromatic carbocycles. The number of halogens is 4. The van der Waals surface area contributed by atoms with Crippen molar-refractivity contribution >= 4 is 78.0 Å². The van der Waals surface area contributed by atoms with Crippen molar-refractivity contribution in [3.05, 3.63) is 58.7 Å². The molecule has 3 aromatic rings. The van der Waals surface area contributed by atoms with E-state index in [1.165, 1.54) is 11.3 Å². The summed E-state index contributed by atoms with van der Waals surface area (Å²) >= 11 is 20.4. The van der Waals surface area contributed by atoms with Gasteiger partial charge < -0.3 is 5.32 Å². The van der Waals surface area contributed by atoms with Crippen molar-refractivity contribution < 1.29 is 4.79 Å². The summed E-state index contributed by atoms with van der Waals surface area (Å²) in [5, 5.41) is 4.71. The summed E-state index contributed by atoms with van der Waals surface area (Å²) in [7, 11) is 0. The zero-order chi connectivity index (χ0) is 18.0. The Balaban J connectivity index is 2.00. The standard InChI is InChI=1S/C17H10Br2Cl2N2OS/c18-15(19)16(24)23-12-7-2-1-4-9(12)13-8-22-17(25-13)14-10(20)5-3-6-11(14)21/h1-8,15H,(H,23,24). The number of amides is 1. The lowest BCUT2D eigenvalue weighted by Crippen LogP contribution is -2.18. The van der Waals surface area contributed by atoms with Crippen molar-refractivity contribution in [1.82, 2.24) is 4.98 Å². The van der Waals surface area contributed by atoms with E-state index in [2.05, 4.69) is 42.2 Å². The molecule has 3 nitrogen and oxygen atoms in total. The third-order valence-corrected chi connectivity index (χ3v) is 5.84. The van der Waals surface area contributed by atoms with Gasteiger partial charge in [0, 0.05) is 23.0 Å². The van der Waals surface area contributed by atoms with Crippen LogP contribution in [0.25, 0.3) is 21.0 Å². The molecule has 3 rings (SSSR count). The molecule has 0 spiro atoms. The van der Waals surface area contributed by atoms with Crippen LogP contribution < -0.4 is 5.32 Å². The van der Waals surface area contributed by atoms with Crippen LogP contribution in [0.5, 0.6) is 0 Å². The van der Waals surface area contributed by atoms with E-state index in [9.17, 15) is 4.79 Å². The van der Waals surface area contributed by atoms with E-state index in [0.717, 1.165) is 15.4 Å². The number of alkyl halides is 2. The normalized spacial score (nSPS) is 10.9. The molecule has 1 aromatic heterocycles. The first-order chi connectivity index (χ1) is 12.0. The second-order valence-corrected chi connectivity index (χ2v) is 9.87. The zero-order valence-electron chi connectivity index (χ0n) is 12.5. The summed E-state index contributed by atoms with van der Waals surface area (Å²) < 4.78 is -0.466. The van der Waals surface area contributed by atoms with Crippen LogP contribution in [0.1, 0.15) is 0 Å². The Morgan fingerprint density at radius 1 is 1.08 bits per heavy atom. The monoisotopic (exact) mass is 518 g/mol. The lowest BCUT2D eigenvalue weighted by Gasteiger charge is -2.10. The van der Waals surface area contributed by atoms with Gasteiger partial charge in [0.15, 0.2) is 0 Å². The summed E-state index contributed by atoms with van der Waals surface area (Å²) in [6, 6.07) is 12.9. The van der Waals surface area contributed by atoms with Gasteiger partial charge in [-0.3, -0.25) is 4.79 Å². The molecule has 0 atom stereocenters. The van der Waals surface area contributed by atoms with E-state index >= 15 is 0 Å². The molecule has 0 fully saturated rings.